The third-order valence-electron chi connectivity index (χ3n) is 5.38. The summed E-state index contributed by atoms with van der Waals surface area (Å²) in [6.07, 6.45) is -7.45. The molecule has 10 nitrogen and oxygen atoms in total. The van der Waals surface area contributed by atoms with Gasteiger partial charge in [0.05, 0.1) is 12.2 Å². The molecule has 5 atom stereocenters. The number of ether oxygens (including phenoxy) is 2. The van der Waals surface area contributed by atoms with E-state index in [1.165, 1.54) is 18.2 Å². The molecule has 1 saturated heterocycles. The Morgan fingerprint density at radius 2 is 1.69 bits per heavy atom. The lowest BCUT2D eigenvalue weighted by Crippen LogP contribution is -2.60. The van der Waals surface area contributed by atoms with Crippen LogP contribution in [0.5, 0.6) is 17.2 Å². The predicted octanol–water partition coefficient (Wildman–Crippen LogP) is 0.358. The van der Waals surface area contributed by atoms with Crippen molar-refractivity contribution in [2.24, 2.45) is 0 Å². The van der Waals surface area contributed by atoms with E-state index in [9.17, 15) is 35.4 Å². The number of rotatable bonds is 4. The van der Waals surface area contributed by atoms with Gasteiger partial charge in [-0.15, -0.1) is 0 Å². The van der Waals surface area contributed by atoms with E-state index in [1.54, 1.807) is 19.1 Å². The maximum absolute atomic E-state index is 13.1. The minimum absolute atomic E-state index is 0.00891. The molecular weight excluding hydrogens is 424 g/mol. The summed E-state index contributed by atoms with van der Waals surface area (Å²) in [7, 11) is 0. The molecule has 3 unspecified atom stereocenters. The second-order valence-corrected chi connectivity index (χ2v) is 7.54. The summed E-state index contributed by atoms with van der Waals surface area (Å²) in [6.45, 7) is 0.951. The Hall–Kier alpha value is -3.15. The van der Waals surface area contributed by atoms with Crippen LogP contribution in [-0.4, -0.2) is 68.0 Å². The van der Waals surface area contributed by atoms with Crippen LogP contribution in [0, 0.1) is 6.92 Å². The number of phenols is 2. The van der Waals surface area contributed by atoms with Crippen LogP contribution in [0.4, 0.5) is 0 Å². The van der Waals surface area contributed by atoms with Crippen LogP contribution < -0.4 is 10.2 Å². The fraction of sp³-hybridized carbons (Fsp3) is 0.318. The van der Waals surface area contributed by atoms with Crippen molar-refractivity contribution in [1.82, 2.24) is 0 Å². The molecule has 1 aromatic heterocycles. The Labute approximate surface area is 181 Å². The van der Waals surface area contributed by atoms with Gasteiger partial charge in [0.25, 0.3) is 0 Å². The smallest absolute Gasteiger partial charge is 0.229 e. The number of benzene rings is 2. The summed E-state index contributed by atoms with van der Waals surface area (Å²) in [4.78, 5) is 13.1. The fourth-order valence-electron chi connectivity index (χ4n) is 3.72. The number of aliphatic hydroxyl groups is 4. The van der Waals surface area contributed by atoms with Gasteiger partial charge in [-0.05, 0) is 24.6 Å². The summed E-state index contributed by atoms with van der Waals surface area (Å²) in [6, 6.07) is 8.38. The monoisotopic (exact) mass is 446 g/mol. The zero-order valence-electron chi connectivity index (χ0n) is 16.9. The molecule has 2 heterocycles. The van der Waals surface area contributed by atoms with Crippen molar-refractivity contribution in [3.63, 3.8) is 0 Å². The highest BCUT2D eigenvalue weighted by molar-refractivity contribution is 5.88. The van der Waals surface area contributed by atoms with Crippen LogP contribution in [0.15, 0.2) is 45.6 Å². The van der Waals surface area contributed by atoms with E-state index in [0.29, 0.717) is 5.56 Å². The molecule has 0 bridgehead atoms. The highest BCUT2D eigenvalue weighted by Gasteiger charge is 2.44. The number of hydrogen-bond donors (Lipinski definition) is 6. The van der Waals surface area contributed by atoms with E-state index in [-0.39, 0.29) is 33.8 Å². The van der Waals surface area contributed by atoms with Gasteiger partial charge in [0.15, 0.2) is 0 Å². The highest BCUT2D eigenvalue weighted by Crippen LogP contribution is 2.34. The van der Waals surface area contributed by atoms with Crippen LogP contribution in [-0.2, 0) is 4.74 Å². The summed E-state index contributed by atoms with van der Waals surface area (Å²) < 4.78 is 16.5. The van der Waals surface area contributed by atoms with Crippen molar-refractivity contribution >= 4 is 11.0 Å². The van der Waals surface area contributed by atoms with Gasteiger partial charge in [-0.1, -0.05) is 12.1 Å². The Morgan fingerprint density at radius 1 is 1.00 bits per heavy atom. The zero-order valence-corrected chi connectivity index (χ0v) is 16.9. The third kappa shape index (κ3) is 3.78. The summed E-state index contributed by atoms with van der Waals surface area (Å²) in [5.41, 5.74) is 0.230. The molecule has 1 aliphatic rings. The first-order valence-electron chi connectivity index (χ1n) is 9.78. The van der Waals surface area contributed by atoms with Gasteiger partial charge in [0.1, 0.15) is 58.4 Å². The van der Waals surface area contributed by atoms with E-state index >= 15 is 0 Å². The second kappa shape index (κ2) is 8.41. The molecule has 1 fully saturated rings. The molecule has 0 spiro atoms. The lowest BCUT2D eigenvalue weighted by molar-refractivity contribution is -0.277. The van der Waals surface area contributed by atoms with E-state index in [2.05, 4.69) is 0 Å². The third-order valence-corrected chi connectivity index (χ3v) is 5.38. The molecule has 1 aliphatic heterocycles. The van der Waals surface area contributed by atoms with Crippen molar-refractivity contribution in [2.45, 2.75) is 37.6 Å². The van der Waals surface area contributed by atoms with Crippen molar-refractivity contribution in [1.29, 1.82) is 0 Å². The first-order chi connectivity index (χ1) is 15.2. The lowest BCUT2D eigenvalue weighted by atomic mass is 9.99. The number of aryl methyl sites for hydroxylation is 1. The number of aliphatic hydroxyl groups excluding tert-OH is 4. The van der Waals surface area contributed by atoms with Gasteiger partial charge in [-0.2, -0.15) is 0 Å². The van der Waals surface area contributed by atoms with E-state index < -0.39 is 48.5 Å². The Bertz CT molecular complexity index is 1180. The van der Waals surface area contributed by atoms with Crippen molar-refractivity contribution in [3.8, 4) is 28.4 Å². The van der Waals surface area contributed by atoms with Gasteiger partial charge in [0, 0.05) is 12.1 Å². The largest absolute Gasteiger partial charge is 0.508 e. The van der Waals surface area contributed by atoms with E-state index in [4.69, 9.17) is 13.9 Å². The quantitative estimate of drug-likeness (QED) is 0.329. The average Bonchev–Trinajstić information content (AvgIpc) is 2.75. The Morgan fingerprint density at radius 3 is 2.34 bits per heavy atom. The summed E-state index contributed by atoms with van der Waals surface area (Å²) >= 11 is 0. The number of aromatic hydroxyl groups is 2. The molecule has 0 radical (unpaired) electrons. The van der Waals surface area contributed by atoms with Crippen LogP contribution in [0.25, 0.3) is 22.1 Å². The summed E-state index contributed by atoms with van der Waals surface area (Å²) in [5, 5.41) is 59.1. The highest BCUT2D eigenvalue weighted by atomic mass is 16.7. The van der Waals surface area contributed by atoms with Crippen molar-refractivity contribution < 1.29 is 44.5 Å². The standard InChI is InChI=1S/C22H22O10/c1-9-16(10-2-4-11(24)5-3-10)19(27)17-13(25)6-12(7-14(17)30-9)31-22-21(29)20(28)18(26)15(8-23)32-22/h2-7,15,18,20-26,28-29H,8H2,1H3/t15?,18-,20?,21?,22-/m1/s1. The van der Waals surface area contributed by atoms with Gasteiger partial charge in [-0.25, -0.2) is 0 Å². The molecule has 4 rings (SSSR count). The molecule has 0 saturated carbocycles. The molecule has 3 aromatic rings. The molecular formula is C22H22O10. The average molecular weight is 446 g/mol. The first kappa shape index (κ1) is 22.1. The molecule has 0 amide bonds. The van der Waals surface area contributed by atoms with Gasteiger partial charge < -0.3 is 44.5 Å². The molecule has 10 heteroatoms. The maximum Gasteiger partial charge on any atom is 0.229 e. The van der Waals surface area contributed by atoms with Gasteiger partial charge in [-0.3, -0.25) is 4.79 Å². The topological polar surface area (TPSA) is 170 Å². The van der Waals surface area contributed by atoms with Crippen molar-refractivity contribution in [3.05, 3.63) is 52.4 Å². The summed E-state index contributed by atoms with van der Waals surface area (Å²) in [5.74, 6) is -0.192. The van der Waals surface area contributed by atoms with Crippen LogP contribution in [0.3, 0.4) is 0 Å². The van der Waals surface area contributed by atoms with Crippen molar-refractivity contribution in [2.75, 3.05) is 6.61 Å². The normalized spacial score (nSPS) is 25.7. The van der Waals surface area contributed by atoms with Gasteiger partial charge >= 0.3 is 0 Å². The zero-order chi connectivity index (χ0) is 23.2. The molecule has 32 heavy (non-hydrogen) atoms. The second-order valence-electron chi connectivity index (χ2n) is 7.54. The van der Waals surface area contributed by atoms with E-state index in [0.717, 1.165) is 6.07 Å². The number of fused-ring (bicyclic) bond motifs is 1. The minimum Gasteiger partial charge on any atom is -0.508 e. The maximum atomic E-state index is 13.1. The minimum atomic E-state index is -1.64. The predicted molar refractivity (Wildman–Crippen MR) is 110 cm³/mol. The van der Waals surface area contributed by atoms with E-state index in [1.807, 2.05) is 0 Å². The number of phenolic OH excluding ortho intramolecular Hbond substituents is 2. The Kier molecular flexibility index (Phi) is 5.80. The molecule has 2 aromatic carbocycles. The van der Waals surface area contributed by atoms with Crippen LogP contribution in [0.1, 0.15) is 5.76 Å². The molecule has 170 valence electrons. The van der Waals surface area contributed by atoms with Gasteiger partial charge in [0.2, 0.25) is 11.7 Å². The fourth-order valence-corrected chi connectivity index (χ4v) is 3.72. The molecule has 0 aliphatic carbocycles. The molecule has 6 N–H and O–H groups in total. The number of hydrogen-bond acceptors (Lipinski definition) is 10. The van der Waals surface area contributed by atoms with Crippen LogP contribution >= 0.6 is 0 Å². The Balaban J connectivity index is 1.72. The SMILES string of the molecule is Cc1oc2cc(O[C@@H]3OC(CO)[C@@H](O)C(O)C3O)cc(O)c2c(=O)c1-c1ccc(O)cc1. The van der Waals surface area contributed by atoms with Crippen LogP contribution in [0.2, 0.25) is 0 Å². The lowest BCUT2D eigenvalue weighted by Gasteiger charge is -2.39. The first-order valence-corrected chi connectivity index (χ1v) is 9.78.